The van der Waals surface area contributed by atoms with Crippen LogP contribution in [0.2, 0.25) is 0 Å². The van der Waals surface area contributed by atoms with Crippen LogP contribution in [0.5, 0.6) is 0 Å². The summed E-state index contributed by atoms with van der Waals surface area (Å²) >= 11 is 0. The van der Waals surface area contributed by atoms with Gasteiger partial charge in [-0.1, -0.05) is 30.3 Å². The van der Waals surface area contributed by atoms with Crippen LogP contribution in [0.1, 0.15) is 57.7 Å². The first-order chi connectivity index (χ1) is 39.8. The average Bonchev–Trinajstić information content (AvgIpc) is 4.20. The molecular formula is C65H48F3N15. The number of hydrogen-bond acceptors (Lipinski definition) is 12. The molecule has 18 heteroatoms. The maximum atomic E-state index is 14.7. The molecule has 15 nitrogen and oxygen atoms in total. The summed E-state index contributed by atoms with van der Waals surface area (Å²) in [4.78, 5) is 59.6. The average molecular weight is 1100 g/mol. The molecule has 0 radical (unpaired) electrons. The molecule has 0 saturated carbocycles. The second-order valence-electron chi connectivity index (χ2n) is 20.7. The van der Waals surface area contributed by atoms with Crippen LogP contribution in [0, 0.1) is 68.9 Å². The van der Waals surface area contributed by atoms with Gasteiger partial charge in [0.25, 0.3) is 0 Å². The number of aryl methyl sites for hydroxylation is 9. The van der Waals surface area contributed by atoms with Crippen molar-refractivity contribution in [2.45, 2.75) is 68.5 Å². The smallest absolute Gasteiger partial charge is 0.310 e. The van der Waals surface area contributed by atoms with Crippen molar-refractivity contribution in [3.05, 3.63) is 197 Å². The lowest BCUT2D eigenvalue weighted by Gasteiger charge is -2.20. The Kier molecular flexibility index (Phi) is 12.3. The Morgan fingerprint density at radius 3 is 1.00 bits per heavy atom. The fourth-order valence-electron chi connectivity index (χ4n) is 11.3. The van der Waals surface area contributed by atoms with E-state index in [1.807, 2.05) is 134 Å². The third-order valence-electron chi connectivity index (χ3n) is 14.6. The molecule has 0 atom stereocenters. The molecule has 13 rings (SSSR count). The molecule has 0 bridgehead atoms. The lowest BCUT2D eigenvalue weighted by atomic mass is 9.94. The summed E-state index contributed by atoms with van der Waals surface area (Å²) < 4.78 is 48.3. The zero-order chi connectivity index (χ0) is 57.7. The normalized spacial score (nSPS) is 11.8. The fraction of sp³-hybridized carbons (Fsp3) is 0.154. The highest BCUT2D eigenvalue weighted by atomic mass is 19.4. The van der Waals surface area contributed by atoms with Crippen LogP contribution in [0.4, 0.5) is 18.9 Å². The SMILES string of the molecule is [C-]#[N+]c1ccc(-c2ccc(-c3cc(C)cc(C(F)(F)F)c3)cc2-n2c3ccc(-c4nc(C)nc(C)n4)cc3c3cc(-c4nc(C)nc(C)n4)ccc32)c(-n2c3ccc(-c4nc(C)nc(C)n4)cc3c3cc(-c4nc(C)nc(C)n4)ccc32)c1. The molecule has 0 aliphatic carbocycles. The van der Waals surface area contributed by atoms with Gasteiger partial charge in [-0.25, -0.2) is 64.7 Å². The number of fused-ring (bicyclic) bond motifs is 6. The number of aromatic nitrogens is 14. The molecule has 83 heavy (non-hydrogen) atoms. The van der Waals surface area contributed by atoms with Crippen LogP contribution in [0.25, 0.3) is 128 Å². The maximum absolute atomic E-state index is 14.7. The summed E-state index contributed by atoms with van der Waals surface area (Å²) in [5, 5.41) is 3.42. The van der Waals surface area contributed by atoms with Gasteiger partial charge >= 0.3 is 6.18 Å². The molecule has 0 N–H and O–H groups in total. The van der Waals surface area contributed by atoms with E-state index in [4.69, 9.17) is 46.4 Å². The zero-order valence-electron chi connectivity index (χ0n) is 46.5. The topological polar surface area (TPSA) is 169 Å². The van der Waals surface area contributed by atoms with Crippen molar-refractivity contribution in [3.63, 3.8) is 0 Å². The monoisotopic (exact) mass is 1100 g/mol. The van der Waals surface area contributed by atoms with Crippen molar-refractivity contribution in [3.8, 4) is 79.2 Å². The maximum Gasteiger partial charge on any atom is 0.416 e. The first kappa shape index (κ1) is 51.9. The fourth-order valence-corrected chi connectivity index (χ4v) is 11.3. The molecule has 0 fully saturated rings. The molecule has 6 heterocycles. The van der Waals surface area contributed by atoms with Gasteiger partial charge < -0.3 is 9.13 Å². The number of alkyl halides is 3. The Morgan fingerprint density at radius 1 is 0.337 bits per heavy atom. The molecule has 7 aromatic carbocycles. The molecule has 0 amide bonds. The van der Waals surface area contributed by atoms with Crippen molar-refractivity contribution in [2.75, 3.05) is 0 Å². The highest BCUT2D eigenvalue weighted by molar-refractivity contribution is 6.14. The molecule has 0 aliphatic heterocycles. The van der Waals surface area contributed by atoms with Gasteiger partial charge in [-0.15, -0.1) is 0 Å². The predicted molar refractivity (Wildman–Crippen MR) is 315 cm³/mol. The van der Waals surface area contributed by atoms with Crippen LogP contribution in [0.15, 0.2) is 127 Å². The summed E-state index contributed by atoms with van der Waals surface area (Å²) in [5.74, 6) is 6.74. The standard InChI is InChI=1S/C65H48F3N15/c1-32-23-46(25-47(24-32)65(66,67)68)41-11-17-49(59(30-41)82-55-19-12-42(61-74-33(2)70-34(3)75-61)26-51(55)52-27-43(13-20-56(52)82)62-76-35(4)71-36(5)77-62)50-18-16-48(69-10)31-60(50)83-57-21-14-44(63-78-37(6)72-38(7)79-63)28-53(57)54-29-45(15-22-58(54)83)64-80-39(8)73-40(9)81-64/h11-31H,1-9H3. The summed E-state index contributed by atoms with van der Waals surface area (Å²) in [7, 11) is 0. The molecule has 0 unspecified atom stereocenters. The second-order valence-corrected chi connectivity index (χ2v) is 20.7. The number of hydrogen-bond donors (Lipinski definition) is 0. The van der Waals surface area contributed by atoms with E-state index in [1.54, 1.807) is 19.1 Å². The minimum atomic E-state index is -4.59. The summed E-state index contributed by atoms with van der Waals surface area (Å²) in [6.07, 6.45) is -4.59. The summed E-state index contributed by atoms with van der Waals surface area (Å²) in [6.45, 7) is 24.8. The minimum absolute atomic E-state index is 0.390. The molecule has 6 aromatic heterocycles. The lowest BCUT2D eigenvalue weighted by Crippen LogP contribution is -2.05. The van der Waals surface area contributed by atoms with Crippen LogP contribution < -0.4 is 0 Å². The van der Waals surface area contributed by atoms with Crippen molar-refractivity contribution in [1.29, 1.82) is 0 Å². The van der Waals surface area contributed by atoms with Gasteiger partial charge in [0.15, 0.2) is 29.0 Å². The highest BCUT2D eigenvalue weighted by Gasteiger charge is 2.31. The third-order valence-corrected chi connectivity index (χ3v) is 14.6. The number of rotatable bonds is 8. The van der Waals surface area contributed by atoms with E-state index in [-0.39, 0.29) is 0 Å². The van der Waals surface area contributed by atoms with Crippen molar-refractivity contribution >= 4 is 49.3 Å². The first-order valence-corrected chi connectivity index (χ1v) is 26.6. The van der Waals surface area contributed by atoms with Crippen molar-refractivity contribution in [2.24, 2.45) is 0 Å². The first-order valence-electron chi connectivity index (χ1n) is 26.6. The van der Waals surface area contributed by atoms with Gasteiger partial charge in [0.2, 0.25) is 0 Å². The molecular weight excluding hydrogens is 1050 g/mol. The molecule has 13 aromatic rings. The van der Waals surface area contributed by atoms with E-state index in [9.17, 15) is 13.2 Å². The minimum Gasteiger partial charge on any atom is -0.310 e. The largest absolute Gasteiger partial charge is 0.416 e. The molecule has 404 valence electrons. The van der Waals surface area contributed by atoms with E-state index < -0.39 is 11.7 Å². The summed E-state index contributed by atoms with van der Waals surface area (Å²) in [5.41, 5.74) is 10.1. The zero-order valence-corrected chi connectivity index (χ0v) is 46.5. The van der Waals surface area contributed by atoms with Crippen LogP contribution in [-0.2, 0) is 6.18 Å². The number of halogens is 3. The molecule has 0 saturated heterocycles. The van der Waals surface area contributed by atoms with Crippen LogP contribution in [-0.4, -0.2) is 68.9 Å². The van der Waals surface area contributed by atoms with Crippen molar-refractivity contribution < 1.29 is 13.2 Å². The van der Waals surface area contributed by atoms with E-state index in [2.05, 4.69) is 58.2 Å². The van der Waals surface area contributed by atoms with Gasteiger partial charge in [-0.05, 0) is 176 Å². The quantitative estimate of drug-likeness (QED) is 0.132. The van der Waals surface area contributed by atoms with E-state index in [0.717, 1.165) is 83.1 Å². The van der Waals surface area contributed by atoms with Crippen LogP contribution >= 0.6 is 0 Å². The Hall–Kier alpha value is -10.5. The van der Waals surface area contributed by atoms with E-state index in [0.29, 0.717) is 104 Å². The number of benzene rings is 7. The highest BCUT2D eigenvalue weighted by Crippen LogP contribution is 2.46. The Labute approximate surface area is 473 Å². The van der Waals surface area contributed by atoms with Gasteiger partial charge in [-0.3, -0.25) is 0 Å². The van der Waals surface area contributed by atoms with Gasteiger partial charge in [0.1, 0.15) is 46.6 Å². The van der Waals surface area contributed by atoms with Gasteiger partial charge in [0.05, 0.1) is 39.9 Å². The van der Waals surface area contributed by atoms with E-state index in [1.165, 1.54) is 6.07 Å². The molecule has 0 spiro atoms. The lowest BCUT2D eigenvalue weighted by molar-refractivity contribution is -0.137. The predicted octanol–water partition coefficient (Wildman–Crippen LogP) is 15.0. The third kappa shape index (κ3) is 9.41. The second kappa shape index (κ2) is 19.6. The van der Waals surface area contributed by atoms with Crippen LogP contribution in [0.3, 0.4) is 0 Å². The van der Waals surface area contributed by atoms with Gasteiger partial charge in [-0.2, -0.15) is 13.2 Å². The Balaban J connectivity index is 1.12. The Morgan fingerprint density at radius 2 is 0.663 bits per heavy atom. The van der Waals surface area contributed by atoms with E-state index >= 15 is 0 Å². The number of nitrogens with zero attached hydrogens (tertiary/aromatic N) is 15. The molecule has 0 aliphatic rings. The summed E-state index contributed by atoms with van der Waals surface area (Å²) in [6, 6.07) is 39.9. The Bertz CT molecular complexity index is 4640. The van der Waals surface area contributed by atoms with Crippen molar-refractivity contribution in [1.82, 2.24) is 68.9 Å². The van der Waals surface area contributed by atoms with Gasteiger partial charge in [0, 0.05) is 60.6 Å².